The highest BCUT2D eigenvalue weighted by Gasteiger charge is 2.27. The number of nitro benzene ring substituents is 5. The zero-order valence-corrected chi connectivity index (χ0v) is 89.3. The van der Waals surface area contributed by atoms with E-state index in [1.165, 1.54) is 83.3 Å². The summed E-state index contributed by atoms with van der Waals surface area (Å²) < 4.78 is 5.14. The molecule has 0 aliphatic heterocycles. The molecule has 45 heteroatoms. The van der Waals surface area contributed by atoms with Crippen molar-refractivity contribution in [1.82, 2.24) is 35.9 Å². The number of alkyl carbamates (subject to hydrolysis) is 1. The van der Waals surface area contributed by atoms with E-state index >= 15 is 0 Å². The van der Waals surface area contributed by atoms with Gasteiger partial charge < -0.3 is 37.9 Å². The van der Waals surface area contributed by atoms with Gasteiger partial charge in [0.1, 0.15) is 30.6 Å². The van der Waals surface area contributed by atoms with Crippen molar-refractivity contribution < 1.29 is 48.5 Å². The van der Waals surface area contributed by atoms with Crippen LogP contribution < -0.4 is 33.2 Å². The molecule has 3 amide bonds. The van der Waals surface area contributed by atoms with Crippen LogP contribution in [0.5, 0.6) is 0 Å². The van der Waals surface area contributed by atoms with Gasteiger partial charge in [-0.25, -0.2) is 24.7 Å². The van der Waals surface area contributed by atoms with Gasteiger partial charge in [-0.05, 0) is 173 Å². The number of ketones is 1. The Morgan fingerprint density at radius 3 is 0.950 bits per heavy atom. The van der Waals surface area contributed by atoms with Crippen LogP contribution in [0.1, 0.15) is 112 Å². The number of aromatic nitrogens is 4. The molecule has 732 valence electrons. The highest BCUT2D eigenvalue weighted by Crippen LogP contribution is 2.37. The number of nitrogens with one attached hydrogen (secondary N) is 3. The van der Waals surface area contributed by atoms with Crippen LogP contribution in [-0.4, -0.2) is 90.2 Å². The Hall–Kier alpha value is -11.7. The number of hydrogen-bond acceptors (Lipinski definition) is 31. The van der Waals surface area contributed by atoms with E-state index in [0.29, 0.717) is 46.3 Å². The summed E-state index contributed by atoms with van der Waals surface area (Å²) in [4.78, 5) is 126. The second-order valence-corrected chi connectivity index (χ2v) is 41.1. The third-order valence-electron chi connectivity index (χ3n) is 19.6. The van der Waals surface area contributed by atoms with Crippen LogP contribution >= 0.6 is 187 Å². The molecule has 0 fully saturated rings. The van der Waals surface area contributed by atoms with Crippen molar-refractivity contribution in [3.05, 3.63) is 406 Å². The topological polar surface area (TPSA) is 459 Å². The summed E-state index contributed by atoms with van der Waals surface area (Å²) in [5.74, 6) is -0.510. The maximum absolute atomic E-state index is 12.8. The number of benzene rings is 7. The molecule has 9 aromatic heterocycles. The molecule has 16 rings (SSSR count). The van der Waals surface area contributed by atoms with Crippen molar-refractivity contribution in [3.63, 3.8) is 0 Å². The number of Topliss-reactive ketones (excluding diaryl/α,β-unsaturated/α-hetero) is 1. The lowest BCUT2D eigenvalue weighted by molar-refractivity contribution is -0.385. The number of amides is 3. The van der Waals surface area contributed by atoms with Gasteiger partial charge in [0, 0.05) is 92.2 Å². The van der Waals surface area contributed by atoms with Crippen molar-refractivity contribution in [1.29, 1.82) is 0 Å². The first kappa shape index (κ1) is 113. The summed E-state index contributed by atoms with van der Waals surface area (Å²) in [7, 11) is 0. The first-order valence-electron chi connectivity index (χ1n) is 41.8. The number of hydrogen-bond donors (Lipinski definition) is 6. The second kappa shape index (κ2) is 56.2. The summed E-state index contributed by atoms with van der Waals surface area (Å²) in [6.45, 7) is 5.18. The zero-order chi connectivity index (χ0) is 99.7. The number of thiazole rings is 4. The molecule has 0 unspecified atom stereocenters. The van der Waals surface area contributed by atoms with Gasteiger partial charge in [0.2, 0.25) is 11.8 Å². The van der Waals surface area contributed by atoms with Gasteiger partial charge in [0.25, 0.3) is 28.4 Å². The number of rotatable bonds is 33. The molecular weight excluding hydrogens is 2230 g/mol. The van der Waals surface area contributed by atoms with Gasteiger partial charge in [0.15, 0.2) is 5.78 Å². The number of carbonyl (C=O) groups is 4. The molecule has 0 spiro atoms. The Balaban J connectivity index is 0.000000194. The third kappa shape index (κ3) is 36.6. The molecule has 0 saturated carbocycles. The minimum Gasteiger partial charge on any atom is -0.444 e. The minimum atomic E-state index is -0.773. The van der Waals surface area contributed by atoms with Gasteiger partial charge in [-0.15, -0.1) is 136 Å². The van der Waals surface area contributed by atoms with Crippen LogP contribution in [0.4, 0.5) is 33.2 Å². The van der Waals surface area contributed by atoms with Crippen LogP contribution in [0.2, 0.25) is 10.0 Å². The number of ether oxygens (including phenoxy) is 1. The molecule has 30 nitrogen and oxygen atoms in total. The number of thiocarbonyl (C=S) groups is 1. The smallest absolute Gasteiger partial charge is 0.408 e. The minimum absolute atomic E-state index is 0. The quantitative estimate of drug-likeness (QED) is 0.00963. The van der Waals surface area contributed by atoms with Crippen molar-refractivity contribution in [2.24, 2.45) is 17.2 Å². The predicted molar refractivity (Wildman–Crippen MR) is 584 cm³/mol. The number of carbonyl (C=O) groups excluding carboxylic acids is 4. The second-order valence-electron chi connectivity index (χ2n) is 31.1. The SMILES string of the molecule is Br.Br.CC(C)(C)OC(=O)N[C@@H](Cc1ccc([N+](=O)[O-])cc1)C(=O)CBr.NC(=S)c1cccs1.N[C@@H](Cc1ccc([N+](=O)[O-])cc1)c1csc(-c2cccs2)n1.N[C@@H](Cc1ccc([N+](=O)[O-])cc1)c1csc(-c2cccs2)n1.O=C(Cc1cccc(Cl)c1)N[C@@H](Cc1ccc([N+](=O)[O-])cc1)c1csc(-c2cccs2)n1.O=C(Cc1cccc(Cl)c1)N[C@@H](Cc1ccc([N+](=O)[O-])cc1)c1csc(-c2cccs2)n1. The Bertz CT molecular complexity index is 6420. The Labute approximate surface area is 890 Å². The molecule has 9 N–H and O–H groups in total. The number of thiophene rings is 5. The fourth-order valence-corrected chi connectivity index (χ4v) is 21.3. The van der Waals surface area contributed by atoms with Crippen molar-refractivity contribution in [3.8, 4) is 39.5 Å². The van der Waals surface area contributed by atoms with E-state index < -0.39 is 42.4 Å². The molecule has 0 aliphatic carbocycles. The highest BCUT2D eigenvalue weighted by atomic mass is 79.9. The summed E-state index contributed by atoms with van der Waals surface area (Å²) in [5.41, 5.74) is 26.5. The fraction of sp³-hybridized carbons (Fsp3) is 0.177. The lowest BCUT2D eigenvalue weighted by atomic mass is 10.0. The van der Waals surface area contributed by atoms with E-state index in [2.05, 4.69) is 41.8 Å². The molecule has 0 saturated heterocycles. The maximum atomic E-state index is 12.8. The standard InChI is InChI=1S/2C23H18ClN3O3S2.C15H19BrN2O5.2C15H13N3O2S2.C5H5NS2.2BrH/c2*24-17-4-1-3-16(11-17)13-22(28)25-19(12-15-6-8-18(9-7-15)27(29)30)20-14-32-23(26-20)21-5-2-10-31-21;1-15(2,3)23-14(20)17-12(13(19)9-16)8-10-4-6-11(7-5-10)18(21)22;2*16-12(8-10-3-5-11(6-4-10)18(19)20)13-9-22-15(17-13)14-2-1-7-21-14;6-5(7)4-2-1-3-8-4;;/h2*1-11,14,19H,12-13H2,(H,25,28);4-7,12H,8-9H2,1-3H3,(H,17,20);2*1-7,9,12H,8,16H2;1-3H,(H2,6,7);2*1H/t2*19-;3*12-;;;/m00000.../s1. The first-order valence-corrected chi connectivity index (χ1v) is 52.0. The molecule has 0 radical (unpaired) electrons. The largest absolute Gasteiger partial charge is 0.444 e. The molecule has 7 aromatic carbocycles. The third-order valence-corrected chi connectivity index (χ3v) is 29.5. The molecule has 141 heavy (non-hydrogen) atoms. The van der Waals surface area contributed by atoms with E-state index in [9.17, 15) is 69.7 Å². The number of nitrogens with zero attached hydrogens (tertiary/aromatic N) is 9. The van der Waals surface area contributed by atoms with Crippen LogP contribution in [0, 0.1) is 50.6 Å². The lowest BCUT2D eigenvalue weighted by Crippen LogP contribution is -2.45. The van der Waals surface area contributed by atoms with E-state index in [-0.39, 0.29) is 129 Å². The predicted octanol–water partition coefficient (Wildman–Crippen LogP) is 25.7. The fourth-order valence-electron chi connectivity index (χ4n) is 12.9. The molecular formula is C96H88Br3Cl2N15O15S10. The zero-order valence-electron chi connectivity index (χ0n) is 74.6. The van der Waals surface area contributed by atoms with Gasteiger partial charge in [-0.1, -0.05) is 167 Å². The average Bonchev–Trinajstić information content (AvgIpc) is 1.77. The summed E-state index contributed by atoms with van der Waals surface area (Å²) in [5, 5.41) is 85.3. The van der Waals surface area contributed by atoms with Crippen LogP contribution in [-0.2, 0) is 64.1 Å². The molecule has 5 atom stereocenters. The molecule has 9 heterocycles. The average molecular weight is 2320 g/mol. The van der Waals surface area contributed by atoms with Gasteiger partial charge in [-0.2, -0.15) is 0 Å². The monoisotopic (exact) mass is 2320 g/mol. The number of nitrogens with two attached hydrogens (primary N) is 3. The summed E-state index contributed by atoms with van der Waals surface area (Å²) in [6.07, 6.45) is 2.07. The highest BCUT2D eigenvalue weighted by molar-refractivity contribution is 9.09. The van der Waals surface area contributed by atoms with E-state index in [1.54, 1.807) is 185 Å². The Kier molecular flexibility index (Phi) is 45.0. The lowest BCUT2D eigenvalue weighted by Gasteiger charge is -2.23. The molecule has 0 bridgehead atoms. The van der Waals surface area contributed by atoms with Crippen molar-refractivity contribution >= 4 is 244 Å². The van der Waals surface area contributed by atoms with E-state index in [0.717, 1.165) is 101 Å². The molecule has 0 aliphatic rings. The van der Waals surface area contributed by atoms with E-state index in [1.807, 2.05) is 133 Å². The van der Waals surface area contributed by atoms with Crippen LogP contribution in [0.25, 0.3) is 39.5 Å². The van der Waals surface area contributed by atoms with E-state index in [4.69, 9.17) is 67.3 Å². The van der Waals surface area contributed by atoms with Crippen molar-refractivity contribution in [2.75, 3.05) is 5.33 Å². The first-order chi connectivity index (χ1) is 66.6. The van der Waals surface area contributed by atoms with Gasteiger partial charge >= 0.3 is 6.09 Å². The molecule has 16 aromatic rings. The Morgan fingerprint density at radius 2 is 0.688 bits per heavy atom. The number of non-ortho nitro benzene ring substituents is 5. The van der Waals surface area contributed by atoms with Gasteiger partial charge in [0.05, 0.1) is 120 Å². The van der Waals surface area contributed by atoms with Crippen LogP contribution in [0.3, 0.4) is 0 Å². The Morgan fingerprint density at radius 1 is 0.397 bits per heavy atom. The number of halogens is 5. The maximum Gasteiger partial charge on any atom is 0.408 e. The normalized spacial score (nSPS) is 11.7. The van der Waals surface area contributed by atoms with Crippen molar-refractivity contribution in [2.45, 2.75) is 102 Å². The summed E-state index contributed by atoms with van der Waals surface area (Å²) >= 11 is 34.2. The summed E-state index contributed by atoms with van der Waals surface area (Å²) in [6, 6.07) is 63.9. The number of alkyl halides is 1. The number of nitro groups is 5. The van der Waals surface area contributed by atoms with Crippen LogP contribution in [0.15, 0.2) is 279 Å². The van der Waals surface area contributed by atoms with Gasteiger partial charge in [-0.3, -0.25) is 65.0 Å².